The average Bonchev–Trinajstić information content (AvgIpc) is 3.65. The van der Waals surface area contributed by atoms with Crippen LogP contribution in [0, 0.1) is 5.92 Å². The van der Waals surface area contributed by atoms with Gasteiger partial charge in [0.05, 0.1) is 24.6 Å². The fraction of sp³-hybridized carbons (Fsp3) is 0.400. The minimum absolute atomic E-state index is 0.0598. The molecule has 0 radical (unpaired) electrons. The predicted molar refractivity (Wildman–Crippen MR) is 158 cm³/mol. The summed E-state index contributed by atoms with van der Waals surface area (Å²) in [5.41, 5.74) is 2.59. The van der Waals surface area contributed by atoms with Crippen LogP contribution in [0.15, 0.2) is 65.7 Å². The Bertz CT molecular complexity index is 1530. The Balaban J connectivity index is 1.41. The fourth-order valence-electron chi connectivity index (χ4n) is 4.41. The van der Waals surface area contributed by atoms with Crippen molar-refractivity contribution in [3.8, 4) is 28.4 Å². The van der Waals surface area contributed by atoms with Crippen LogP contribution >= 0.6 is 11.6 Å². The van der Waals surface area contributed by atoms with Gasteiger partial charge in [-0.2, -0.15) is 0 Å². The topological polar surface area (TPSA) is 67.0 Å². The highest BCUT2D eigenvalue weighted by Gasteiger charge is 2.43. The van der Waals surface area contributed by atoms with E-state index < -0.39 is 8.32 Å². The molecule has 9 heteroatoms. The Morgan fingerprint density at radius 2 is 1.77 bits per heavy atom. The van der Waals surface area contributed by atoms with Gasteiger partial charge in [0, 0.05) is 11.1 Å². The molecule has 39 heavy (non-hydrogen) atoms. The van der Waals surface area contributed by atoms with Crippen LogP contribution < -0.4 is 15.2 Å². The van der Waals surface area contributed by atoms with Crippen LogP contribution in [0.25, 0.3) is 22.6 Å². The van der Waals surface area contributed by atoms with E-state index in [1.54, 1.807) is 29.7 Å². The molecule has 1 aliphatic carbocycles. The molecular weight excluding hydrogens is 530 g/mol. The number of fused-ring (bicyclic) bond motifs is 1. The van der Waals surface area contributed by atoms with Gasteiger partial charge in [0.1, 0.15) is 18.6 Å². The first-order valence-electron chi connectivity index (χ1n) is 13.3. The molecule has 1 atom stereocenters. The van der Waals surface area contributed by atoms with Crippen molar-refractivity contribution < 1.29 is 13.9 Å². The third-order valence-corrected chi connectivity index (χ3v) is 12.7. The lowest BCUT2D eigenvalue weighted by Crippen LogP contribution is -2.46. The molecule has 0 N–H and O–H groups in total. The molecule has 2 aromatic carbocycles. The van der Waals surface area contributed by atoms with Crippen molar-refractivity contribution in [2.24, 2.45) is 5.92 Å². The average molecular weight is 566 g/mol. The highest BCUT2D eigenvalue weighted by molar-refractivity contribution is 6.74. The molecule has 1 unspecified atom stereocenters. The number of hydrogen-bond acceptors (Lipinski definition) is 5. The molecule has 0 spiro atoms. The molecule has 0 saturated heterocycles. The summed E-state index contributed by atoms with van der Waals surface area (Å²) in [5, 5.41) is 0.772. The molecule has 1 saturated carbocycles. The molecule has 2 aromatic heterocycles. The lowest BCUT2D eigenvalue weighted by Gasteiger charge is -2.39. The first-order valence-corrected chi connectivity index (χ1v) is 16.6. The van der Waals surface area contributed by atoms with Gasteiger partial charge in [-0.1, -0.05) is 44.5 Å². The molecular formula is C30H36ClN3O4Si. The summed E-state index contributed by atoms with van der Waals surface area (Å²) in [4.78, 5) is 18.1. The lowest BCUT2D eigenvalue weighted by atomic mass is 10.1. The molecule has 2 heterocycles. The van der Waals surface area contributed by atoms with Gasteiger partial charge in [0.25, 0.3) is 0 Å². The van der Waals surface area contributed by atoms with Crippen molar-refractivity contribution >= 4 is 25.6 Å². The van der Waals surface area contributed by atoms with Crippen molar-refractivity contribution in [3.63, 3.8) is 0 Å². The van der Waals surface area contributed by atoms with Gasteiger partial charge >= 0.3 is 5.69 Å². The molecule has 5 rings (SSSR count). The molecule has 206 valence electrons. The quantitative estimate of drug-likeness (QED) is 0.204. The van der Waals surface area contributed by atoms with E-state index >= 15 is 0 Å². The minimum Gasteiger partial charge on any atom is -0.493 e. The van der Waals surface area contributed by atoms with Crippen molar-refractivity contribution in [1.29, 1.82) is 0 Å². The number of rotatable bonds is 9. The zero-order chi connectivity index (χ0) is 27.9. The summed E-state index contributed by atoms with van der Waals surface area (Å²) < 4.78 is 21.8. The minimum atomic E-state index is -1.92. The Kier molecular flexibility index (Phi) is 7.39. The zero-order valence-electron chi connectivity index (χ0n) is 23.4. The van der Waals surface area contributed by atoms with E-state index in [1.165, 1.54) is 23.7 Å². The number of hydrogen-bond donors (Lipinski definition) is 0. The van der Waals surface area contributed by atoms with E-state index in [0.29, 0.717) is 40.4 Å². The van der Waals surface area contributed by atoms with Crippen LogP contribution in [0.4, 0.5) is 0 Å². The smallest absolute Gasteiger partial charge is 0.340 e. The SMILES string of the molecule is COc1cc(-n2cnc3ccc(-c4ccc(Cl)cc4)n3c2=O)ccc1OCC(O[Si](C)(C)C(C)(C)C)C1CC1. The maximum atomic E-state index is 13.6. The molecule has 7 nitrogen and oxygen atoms in total. The standard InChI is InChI=1S/C30H36ClN3O4Si/c1-30(2,3)39(5,6)38-27(21-7-8-21)18-37-25-15-13-23(17-26(25)36-4)33-19-32-28-16-14-24(34(28)29(33)35)20-9-11-22(31)12-10-20/h9-17,19,21,27H,7-8,18H2,1-6H3. The number of benzene rings is 2. The van der Waals surface area contributed by atoms with E-state index in [0.717, 1.165) is 11.3 Å². The van der Waals surface area contributed by atoms with Crippen LogP contribution in [-0.4, -0.2) is 42.1 Å². The predicted octanol–water partition coefficient (Wildman–Crippen LogP) is 6.99. The molecule has 1 fully saturated rings. The summed E-state index contributed by atoms with van der Waals surface area (Å²) in [7, 11) is -0.322. The number of halogens is 1. The molecule has 4 aromatic rings. The van der Waals surface area contributed by atoms with Gasteiger partial charge in [0.15, 0.2) is 19.8 Å². The van der Waals surface area contributed by atoms with Crippen molar-refractivity contribution in [2.75, 3.05) is 13.7 Å². The van der Waals surface area contributed by atoms with Gasteiger partial charge in [-0.3, -0.25) is 4.57 Å². The molecule has 0 bridgehead atoms. The van der Waals surface area contributed by atoms with E-state index in [4.69, 9.17) is 25.5 Å². The number of ether oxygens (including phenoxy) is 2. The van der Waals surface area contributed by atoms with Gasteiger partial charge in [-0.15, -0.1) is 0 Å². The van der Waals surface area contributed by atoms with Crippen LogP contribution in [0.1, 0.15) is 33.6 Å². The molecule has 1 aliphatic rings. The Hall–Kier alpha value is -3.07. The summed E-state index contributed by atoms with van der Waals surface area (Å²) in [6, 6.07) is 16.6. The Morgan fingerprint density at radius 3 is 2.41 bits per heavy atom. The lowest BCUT2D eigenvalue weighted by molar-refractivity contribution is 0.0959. The van der Waals surface area contributed by atoms with E-state index in [-0.39, 0.29) is 16.8 Å². The summed E-state index contributed by atoms with van der Waals surface area (Å²) in [5.74, 6) is 1.71. The van der Waals surface area contributed by atoms with Crippen LogP contribution in [0.3, 0.4) is 0 Å². The number of methoxy groups -OCH3 is 1. The zero-order valence-corrected chi connectivity index (χ0v) is 25.2. The second kappa shape index (κ2) is 10.5. The largest absolute Gasteiger partial charge is 0.493 e. The van der Waals surface area contributed by atoms with Crippen LogP contribution in [0.5, 0.6) is 11.5 Å². The summed E-state index contributed by atoms with van der Waals surface area (Å²) >= 11 is 6.06. The van der Waals surface area contributed by atoms with Crippen LogP contribution in [-0.2, 0) is 4.43 Å². The second-order valence-corrected chi connectivity index (χ2v) is 16.9. The van der Waals surface area contributed by atoms with Crippen molar-refractivity contribution in [1.82, 2.24) is 14.0 Å². The number of aromatic nitrogens is 3. The van der Waals surface area contributed by atoms with E-state index in [2.05, 4.69) is 38.8 Å². The van der Waals surface area contributed by atoms with Crippen molar-refractivity contribution in [3.05, 3.63) is 76.4 Å². The Labute approximate surface area is 235 Å². The van der Waals surface area contributed by atoms with E-state index in [1.807, 2.05) is 36.4 Å². The third-order valence-electron chi connectivity index (χ3n) is 7.93. The maximum Gasteiger partial charge on any atom is 0.340 e. The first-order chi connectivity index (χ1) is 18.5. The third kappa shape index (κ3) is 5.64. The van der Waals surface area contributed by atoms with Gasteiger partial charge in [-0.25, -0.2) is 14.2 Å². The molecule has 0 amide bonds. The first kappa shape index (κ1) is 27.5. The second-order valence-electron chi connectivity index (χ2n) is 11.7. The van der Waals surface area contributed by atoms with Crippen LogP contribution in [0.2, 0.25) is 23.2 Å². The van der Waals surface area contributed by atoms with Gasteiger partial charge in [0.2, 0.25) is 0 Å². The van der Waals surface area contributed by atoms with Gasteiger partial charge in [-0.05, 0) is 78.9 Å². The molecule has 0 aliphatic heterocycles. The van der Waals surface area contributed by atoms with Gasteiger partial charge < -0.3 is 13.9 Å². The normalized spacial score (nSPS) is 14.9. The maximum absolute atomic E-state index is 13.6. The fourth-order valence-corrected chi connectivity index (χ4v) is 5.91. The summed E-state index contributed by atoms with van der Waals surface area (Å²) in [6.45, 7) is 11.8. The highest BCUT2D eigenvalue weighted by atomic mass is 35.5. The number of nitrogens with zero attached hydrogens (tertiary/aromatic N) is 3. The van der Waals surface area contributed by atoms with E-state index in [9.17, 15) is 4.79 Å². The Morgan fingerprint density at radius 1 is 1.05 bits per heavy atom. The summed E-state index contributed by atoms with van der Waals surface area (Å²) in [6.07, 6.45) is 3.95. The van der Waals surface area contributed by atoms with Crippen molar-refractivity contribution in [2.45, 2.75) is 57.8 Å². The monoisotopic (exact) mass is 565 g/mol. The highest BCUT2D eigenvalue weighted by Crippen LogP contribution is 2.42.